The van der Waals surface area contributed by atoms with E-state index in [4.69, 9.17) is 4.74 Å². The van der Waals surface area contributed by atoms with Crippen LogP contribution in [0.4, 0.5) is 4.39 Å². The lowest BCUT2D eigenvalue weighted by atomic mass is 10.1. The Bertz CT molecular complexity index is 1110. The van der Waals surface area contributed by atoms with Crippen LogP contribution in [0.25, 0.3) is 5.69 Å². The Hall–Kier alpha value is -3.55. The van der Waals surface area contributed by atoms with Crippen molar-refractivity contribution in [3.05, 3.63) is 71.3 Å². The predicted molar refractivity (Wildman–Crippen MR) is 110 cm³/mol. The summed E-state index contributed by atoms with van der Waals surface area (Å²) in [7, 11) is 1.19. The van der Waals surface area contributed by atoms with Crippen molar-refractivity contribution in [2.75, 3.05) is 7.11 Å². The van der Waals surface area contributed by atoms with E-state index in [1.54, 1.807) is 30.5 Å². The molecule has 0 radical (unpaired) electrons. The number of hydrogen-bond acceptors (Lipinski definition) is 6. The molecule has 160 valence electrons. The Morgan fingerprint density at radius 1 is 1.19 bits per heavy atom. The highest BCUT2D eigenvalue weighted by Gasteiger charge is 2.30. The zero-order valence-electron chi connectivity index (χ0n) is 17.2. The van der Waals surface area contributed by atoms with Crippen LogP contribution in [0.5, 0.6) is 5.75 Å². The first kappa shape index (κ1) is 20.7. The third kappa shape index (κ3) is 4.47. The van der Waals surface area contributed by atoms with E-state index < -0.39 is 11.8 Å². The largest absolute Gasteiger partial charge is 0.484 e. The summed E-state index contributed by atoms with van der Waals surface area (Å²) in [6.07, 6.45) is 3.78. The summed E-state index contributed by atoms with van der Waals surface area (Å²) in [5.41, 5.74) is 1.50. The molecule has 1 heterocycles. The Labute approximate surface area is 178 Å². The molecule has 0 aliphatic heterocycles. The number of aromatic nitrogens is 3. The zero-order valence-corrected chi connectivity index (χ0v) is 17.2. The van der Waals surface area contributed by atoms with Gasteiger partial charge in [0.25, 0.3) is 0 Å². The van der Waals surface area contributed by atoms with Crippen LogP contribution in [0.15, 0.2) is 48.7 Å². The van der Waals surface area contributed by atoms with Crippen molar-refractivity contribution in [3.63, 3.8) is 0 Å². The van der Waals surface area contributed by atoms with Crippen LogP contribution >= 0.6 is 0 Å². The summed E-state index contributed by atoms with van der Waals surface area (Å²) in [5.74, 6) is -0.472. The second kappa shape index (κ2) is 8.67. The number of nitrogens with zero attached hydrogens (tertiary/aromatic N) is 3. The lowest BCUT2D eigenvalue weighted by Gasteiger charge is -2.15. The Morgan fingerprint density at radius 2 is 1.94 bits per heavy atom. The third-order valence-corrected chi connectivity index (χ3v) is 5.16. The fourth-order valence-corrected chi connectivity index (χ4v) is 3.25. The van der Waals surface area contributed by atoms with Gasteiger partial charge in [0.2, 0.25) is 0 Å². The van der Waals surface area contributed by atoms with Gasteiger partial charge >= 0.3 is 5.97 Å². The summed E-state index contributed by atoms with van der Waals surface area (Å²) >= 11 is 0. The van der Waals surface area contributed by atoms with Crippen LogP contribution in [0.3, 0.4) is 0 Å². The van der Waals surface area contributed by atoms with Gasteiger partial charge in [-0.3, -0.25) is 4.79 Å². The molecule has 1 aliphatic rings. The number of halogens is 1. The molecular formula is C23H22FN3O4. The van der Waals surface area contributed by atoms with Crippen LogP contribution in [-0.4, -0.2) is 33.9 Å². The van der Waals surface area contributed by atoms with E-state index in [1.165, 1.54) is 30.1 Å². The third-order valence-electron chi connectivity index (χ3n) is 5.16. The number of benzene rings is 2. The van der Waals surface area contributed by atoms with Crippen molar-refractivity contribution in [1.29, 1.82) is 0 Å². The first-order valence-corrected chi connectivity index (χ1v) is 10.1. The molecule has 1 aliphatic carbocycles. The molecule has 0 bridgehead atoms. The van der Waals surface area contributed by atoms with Crippen LogP contribution in [0, 0.1) is 11.7 Å². The van der Waals surface area contributed by atoms with Gasteiger partial charge in [-0.25, -0.2) is 9.18 Å². The fourth-order valence-electron chi connectivity index (χ4n) is 3.25. The summed E-state index contributed by atoms with van der Waals surface area (Å²) < 4.78 is 24.8. The minimum Gasteiger partial charge on any atom is -0.484 e. The minimum atomic E-state index is -0.748. The lowest BCUT2D eigenvalue weighted by molar-refractivity contribution is 0.0595. The maximum atomic E-state index is 14.2. The smallest absolute Gasteiger partial charge is 0.340 e. The number of rotatable bonds is 8. The van der Waals surface area contributed by atoms with E-state index in [0.29, 0.717) is 29.1 Å². The molecule has 31 heavy (non-hydrogen) atoms. The quantitative estimate of drug-likeness (QED) is 0.396. The van der Waals surface area contributed by atoms with Crippen LogP contribution in [-0.2, 0) is 4.74 Å². The van der Waals surface area contributed by atoms with Gasteiger partial charge in [0.05, 0.1) is 24.6 Å². The van der Waals surface area contributed by atoms with Crippen LogP contribution < -0.4 is 4.74 Å². The molecule has 1 fully saturated rings. The standard InChI is InChI=1S/C23H22FN3O4/c1-3-21(31-17-9-6-15(7-10-17)22(28)14-4-5-14)20-13-25-27(26-20)16-8-11-18(19(24)12-16)23(29)30-2/h6-14,21H,3-5H2,1-2H3. The topological polar surface area (TPSA) is 83.3 Å². The molecule has 1 atom stereocenters. The highest BCUT2D eigenvalue weighted by molar-refractivity contribution is 5.99. The second-order valence-electron chi connectivity index (χ2n) is 7.39. The van der Waals surface area contributed by atoms with Gasteiger partial charge in [-0.1, -0.05) is 6.92 Å². The van der Waals surface area contributed by atoms with Gasteiger partial charge in [-0.05, 0) is 55.7 Å². The van der Waals surface area contributed by atoms with Crippen LogP contribution in [0.2, 0.25) is 0 Å². The van der Waals surface area contributed by atoms with Crippen molar-refractivity contribution in [1.82, 2.24) is 15.0 Å². The molecule has 0 amide bonds. The average Bonchev–Trinajstić information content (AvgIpc) is 3.53. The van der Waals surface area contributed by atoms with Crippen molar-refractivity contribution in [2.24, 2.45) is 5.92 Å². The molecule has 7 nitrogen and oxygen atoms in total. The van der Waals surface area contributed by atoms with Crippen molar-refractivity contribution >= 4 is 11.8 Å². The molecule has 2 aromatic carbocycles. The zero-order chi connectivity index (χ0) is 22.0. The summed E-state index contributed by atoms with van der Waals surface area (Å²) in [6.45, 7) is 1.96. The second-order valence-corrected chi connectivity index (χ2v) is 7.39. The monoisotopic (exact) mass is 423 g/mol. The highest BCUT2D eigenvalue weighted by Crippen LogP contribution is 2.33. The van der Waals surface area contributed by atoms with E-state index in [2.05, 4.69) is 14.9 Å². The molecule has 3 aromatic rings. The van der Waals surface area contributed by atoms with Gasteiger partial charge in [0, 0.05) is 17.5 Å². The lowest BCUT2D eigenvalue weighted by Crippen LogP contribution is -2.09. The first-order valence-electron chi connectivity index (χ1n) is 10.1. The molecule has 8 heteroatoms. The van der Waals surface area contributed by atoms with Crippen LogP contribution in [0.1, 0.15) is 58.7 Å². The number of carbonyl (C=O) groups excluding carboxylic acids is 2. The number of methoxy groups -OCH3 is 1. The van der Waals surface area contributed by atoms with Gasteiger partial charge < -0.3 is 9.47 Å². The number of carbonyl (C=O) groups is 2. The number of esters is 1. The number of hydrogen-bond donors (Lipinski definition) is 0. The highest BCUT2D eigenvalue weighted by atomic mass is 19.1. The summed E-state index contributed by atoms with van der Waals surface area (Å²) in [4.78, 5) is 25.0. The maximum Gasteiger partial charge on any atom is 0.340 e. The van der Waals surface area contributed by atoms with E-state index in [0.717, 1.165) is 12.8 Å². The van der Waals surface area contributed by atoms with Gasteiger partial charge in [-0.15, -0.1) is 5.10 Å². The maximum absolute atomic E-state index is 14.2. The molecule has 1 saturated carbocycles. The molecule has 0 N–H and O–H groups in total. The SMILES string of the molecule is CCC(Oc1ccc(C(=O)C2CC2)cc1)c1cnn(-c2ccc(C(=O)OC)c(F)c2)n1. The van der Waals surface area contributed by atoms with Gasteiger partial charge in [0.1, 0.15) is 23.4 Å². The van der Waals surface area contributed by atoms with E-state index in [-0.39, 0.29) is 23.4 Å². The van der Waals surface area contributed by atoms with E-state index in [1.807, 2.05) is 6.92 Å². The number of ketones is 1. The average molecular weight is 423 g/mol. The minimum absolute atomic E-state index is 0.156. The van der Waals surface area contributed by atoms with Gasteiger partial charge in [0.15, 0.2) is 5.78 Å². The predicted octanol–water partition coefficient (Wildman–Crippen LogP) is 4.32. The molecular weight excluding hydrogens is 401 g/mol. The fraction of sp³-hybridized carbons (Fsp3) is 0.304. The van der Waals surface area contributed by atoms with Gasteiger partial charge in [-0.2, -0.15) is 9.90 Å². The normalized spacial score (nSPS) is 14.2. The Morgan fingerprint density at radius 3 is 2.55 bits per heavy atom. The summed E-state index contributed by atoms with van der Waals surface area (Å²) in [6, 6.07) is 11.2. The van der Waals surface area contributed by atoms with E-state index >= 15 is 0 Å². The Balaban J connectivity index is 1.48. The summed E-state index contributed by atoms with van der Waals surface area (Å²) in [5, 5.41) is 8.60. The number of Topliss-reactive ketones (excluding diaryl/α,β-unsaturated/α-hetero) is 1. The Kier molecular flexibility index (Phi) is 5.79. The molecule has 0 spiro atoms. The van der Waals surface area contributed by atoms with E-state index in [9.17, 15) is 14.0 Å². The number of ether oxygens (including phenoxy) is 2. The van der Waals surface area contributed by atoms with Crippen molar-refractivity contribution in [3.8, 4) is 11.4 Å². The van der Waals surface area contributed by atoms with Crippen molar-refractivity contribution < 1.29 is 23.5 Å². The molecule has 0 saturated heterocycles. The molecule has 1 aromatic heterocycles. The molecule has 4 rings (SSSR count). The molecule has 1 unspecified atom stereocenters. The van der Waals surface area contributed by atoms with Crippen molar-refractivity contribution in [2.45, 2.75) is 32.3 Å². The first-order chi connectivity index (χ1) is 15.0.